The molecule has 0 saturated carbocycles. The van der Waals surface area contributed by atoms with Crippen LogP contribution in [0.1, 0.15) is 15.9 Å². The molecule has 0 heterocycles. The fourth-order valence-electron chi connectivity index (χ4n) is 2.84. The summed E-state index contributed by atoms with van der Waals surface area (Å²) in [7, 11) is -1.01. The van der Waals surface area contributed by atoms with E-state index in [0.29, 0.717) is 11.4 Å². The number of amides is 1. The number of rotatable bonds is 7. The summed E-state index contributed by atoms with van der Waals surface area (Å²) in [5.41, 5.74) is 0.835. The van der Waals surface area contributed by atoms with Crippen LogP contribution in [0.15, 0.2) is 77.7 Å². The van der Waals surface area contributed by atoms with Crippen molar-refractivity contribution in [3.8, 4) is 5.75 Å². The molecule has 156 valence electrons. The van der Waals surface area contributed by atoms with Gasteiger partial charge < -0.3 is 10.1 Å². The number of halogens is 1. The Balaban J connectivity index is 1.85. The molecule has 0 fully saturated rings. The topological polar surface area (TPSA) is 75.7 Å². The lowest BCUT2D eigenvalue weighted by molar-refractivity contribution is 0.102. The monoisotopic (exact) mass is 428 g/mol. The Kier molecular flexibility index (Phi) is 6.49. The smallest absolute Gasteiger partial charge is 0.258 e. The summed E-state index contributed by atoms with van der Waals surface area (Å²) in [5.74, 6) is -1.06. The van der Waals surface area contributed by atoms with Crippen molar-refractivity contribution in [2.75, 3.05) is 19.5 Å². The molecule has 0 spiro atoms. The minimum absolute atomic E-state index is 0.145. The Labute approximate surface area is 175 Å². The Hall–Kier alpha value is -3.23. The second kappa shape index (κ2) is 9.06. The number of sulfonamides is 1. The highest BCUT2D eigenvalue weighted by Crippen LogP contribution is 2.22. The van der Waals surface area contributed by atoms with Crippen LogP contribution in [0.3, 0.4) is 0 Å². The number of benzene rings is 3. The average molecular weight is 428 g/mol. The van der Waals surface area contributed by atoms with Gasteiger partial charge in [-0.3, -0.25) is 4.79 Å². The Morgan fingerprint density at radius 3 is 2.47 bits per heavy atom. The molecule has 0 radical (unpaired) electrons. The molecule has 1 amide bonds. The van der Waals surface area contributed by atoms with Gasteiger partial charge in [0.25, 0.3) is 5.91 Å². The van der Waals surface area contributed by atoms with E-state index >= 15 is 0 Å². The molecule has 0 aliphatic heterocycles. The Morgan fingerprint density at radius 1 is 1.03 bits per heavy atom. The van der Waals surface area contributed by atoms with Crippen LogP contribution in [-0.4, -0.2) is 32.8 Å². The highest BCUT2D eigenvalue weighted by molar-refractivity contribution is 7.89. The fourth-order valence-corrected chi connectivity index (χ4v) is 4.03. The van der Waals surface area contributed by atoms with Gasteiger partial charge in [0.1, 0.15) is 11.6 Å². The predicted molar refractivity (Wildman–Crippen MR) is 112 cm³/mol. The lowest BCUT2D eigenvalue weighted by Gasteiger charge is -2.18. The number of hydrogen-bond acceptors (Lipinski definition) is 4. The predicted octanol–water partition coefficient (Wildman–Crippen LogP) is 3.91. The molecule has 0 aliphatic carbocycles. The van der Waals surface area contributed by atoms with Gasteiger partial charge in [0.15, 0.2) is 0 Å². The summed E-state index contributed by atoms with van der Waals surface area (Å²) in [6.45, 7) is 0.145. The zero-order chi connectivity index (χ0) is 21.7. The summed E-state index contributed by atoms with van der Waals surface area (Å²) in [5, 5.41) is 2.55. The minimum atomic E-state index is -3.93. The van der Waals surface area contributed by atoms with Crippen molar-refractivity contribution in [1.82, 2.24) is 4.31 Å². The van der Waals surface area contributed by atoms with Crippen LogP contribution in [0.2, 0.25) is 0 Å². The minimum Gasteiger partial charge on any atom is -0.497 e. The van der Waals surface area contributed by atoms with Gasteiger partial charge in [-0.2, -0.15) is 4.31 Å². The van der Waals surface area contributed by atoms with E-state index < -0.39 is 21.7 Å². The van der Waals surface area contributed by atoms with Crippen LogP contribution < -0.4 is 10.1 Å². The van der Waals surface area contributed by atoms with E-state index in [1.54, 1.807) is 24.3 Å². The number of carbonyl (C=O) groups excluding carboxylic acids is 1. The van der Waals surface area contributed by atoms with Gasteiger partial charge in [-0.25, -0.2) is 12.8 Å². The zero-order valence-electron chi connectivity index (χ0n) is 16.5. The van der Waals surface area contributed by atoms with E-state index in [2.05, 4.69) is 5.32 Å². The summed E-state index contributed by atoms with van der Waals surface area (Å²) in [4.78, 5) is 12.4. The number of methoxy groups -OCH3 is 1. The van der Waals surface area contributed by atoms with Crippen molar-refractivity contribution in [2.45, 2.75) is 11.4 Å². The first-order valence-electron chi connectivity index (χ1n) is 9.06. The molecule has 30 heavy (non-hydrogen) atoms. The average Bonchev–Trinajstić information content (AvgIpc) is 2.74. The third-order valence-electron chi connectivity index (χ3n) is 4.47. The van der Waals surface area contributed by atoms with Crippen LogP contribution in [0.25, 0.3) is 0 Å². The van der Waals surface area contributed by atoms with Gasteiger partial charge in [0.05, 0.1) is 17.6 Å². The Morgan fingerprint density at radius 2 is 1.77 bits per heavy atom. The van der Waals surface area contributed by atoms with Crippen molar-refractivity contribution in [3.63, 3.8) is 0 Å². The number of ether oxygens (including phenoxy) is 1. The summed E-state index contributed by atoms with van der Waals surface area (Å²) >= 11 is 0. The van der Waals surface area contributed by atoms with Gasteiger partial charge in [-0.05, 0) is 35.9 Å². The van der Waals surface area contributed by atoms with Gasteiger partial charge in [0.2, 0.25) is 10.0 Å². The molecule has 3 aromatic rings. The van der Waals surface area contributed by atoms with Crippen LogP contribution >= 0.6 is 0 Å². The van der Waals surface area contributed by atoms with E-state index in [0.717, 1.165) is 28.1 Å². The molecule has 1 N–H and O–H groups in total. The standard InChI is InChI=1S/C22H21FN2O4S/c1-25(15-16-7-4-3-5-8-16)30(27,28)19-11-12-21(23)20(14-19)22(26)24-17-9-6-10-18(13-17)29-2/h3-14H,15H2,1-2H3,(H,24,26). The molecule has 0 unspecified atom stereocenters. The number of nitrogens with zero attached hydrogens (tertiary/aromatic N) is 1. The summed E-state index contributed by atoms with van der Waals surface area (Å²) < 4.78 is 46.4. The second-order valence-electron chi connectivity index (χ2n) is 6.57. The molecule has 8 heteroatoms. The van der Waals surface area contributed by atoms with E-state index in [1.807, 2.05) is 30.3 Å². The molecule has 0 aliphatic rings. The highest BCUT2D eigenvalue weighted by Gasteiger charge is 2.24. The van der Waals surface area contributed by atoms with Crippen molar-refractivity contribution >= 4 is 21.6 Å². The number of carbonyl (C=O) groups is 1. The molecular weight excluding hydrogens is 407 g/mol. The first-order valence-corrected chi connectivity index (χ1v) is 10.5. The molecule has 0 atom stereocenters. The molecule has 6 nitrogen and oxygen atoms in total. The molecule has 0 saturated heterocycles. The fraction of sp³-hybridized carbons (Fsp3) is 0.136. The third-order valence-corrected chi connectivity index (χ3v) is 6.27. The van der Waals surface area contributed by atoms with Crippen LogP contribution in [0.4, 0.5) is 10.1 Å². The molecule has 3 rings (SSSR count). The normalized spacial score (nSPS) is 11.3. The summed E-state index contributed by atoms with van der Waals surface area (Å²) in [6, 6.07) is 18.8. The SMILES string of the molecule is COc1cccc(NC(=O)c2cc(S(=O)(=O)N(C)Cc3ccccc3)ccc2F)c1. The van der Waals surface area contributed by atoms with Gasteiger partial charge in [0, 0.05) is 25.3 Å². The number of nitrogens with one attached hydrogen (secondary N) is 1. The van der Waals surface area contributed by atoms with Crippen LogP contribution in [0.5, 0.6) is 5.75 Å². The van der Waals surface area contributed by atoms with Gasteiger partial charge in [-0.1, -0.05) is 36.4 Å². The third kappa shape index (κ3) is 4.84. The first-order chi connectivity index (χ1) is 14.3. The molecular formula is C22H21FN2O4S. The van der Waals surface area contributed by atoms with E-state index in [9.17, 15) is 17.6 Å². The molecule has 0 aromatic heterocycles. The van der Waals surface area contributed by atoms with E-state index in [4.69, 9.17) is 4.74 Å². The van der Waals surface area contributed by atoms with E-state index in [-0.39, 0.29) is 17.0 Å². The first kappa shape index (κ1) is 21.5. The molecule has 3 aromatic carbocycles. The number of hydrogen-bond donors (Lipinski definition) is 1. The maximum absolute atomic E-state index is 14.3. The van der Waals surface area contributed by atoms with Gasteiger partial charge >= 0.3 is 0 Å². The lowest BCUT2D eigenvalue weighted by Crippen LogP contribution is -2.27. The quantitative estimate of drug-likeness (QED) is 0.619. The Bertz CT molecular complexity index is 1150. The second-order valence-corrected chi connectivity index (χ2v) is 8.62. The van der Waals surface area contributed by atoms with E-state index in [1.165, 1.54) is 14.2 Å². The van der Waals surface area contributed by atoms with Crippen LogP contribution in [0, 0.1) is 5.82 Å². The van der Waals surface area contributed by atoms with Gasteiger partial charge in [-0.15, -0.1) is 0 Å². The van der Waals surface area contributed by atoms with Crippen molar-refractivity contribution in [2.24, 2.45) is 0 Å². The zero-order valence-corrected chi connectivity index (χ0v) is 17.3. The summed E-state index contributed by atoms with van der Waals surface area (Å²) in [6.07, 6.45) is 0. The molecule has 0 bridgehead atoms. The van der Waals surface area contributed by atoms with Crippen molar-refractivity contribution in [3.05, 3.63) is 89.7 Å². The largest absolute Gasteiger partial charge is 0.497 e. The van der Waals surface area contributed by atoms with Crippen LogP contribution in [-0.2, 0) is 16.6 Å². The maximum Gasteiger partial charge on any atom is 0.258 e. The maximum atomic E-state index is 14.3. The lowest BCUT2D eigenvalue weighted by atomic mass is 10.2. The van der Waals surface area contributed by atoms with Crippen molar-refractivity contribution < 1.29 is 22.3 Å². The van der Waals surface area contributed by atoms with Crippen molar-refractivity contribution in [1.29, 1.82) is 0 Å². The highest BCUT2D eigenvalue weighted by atomic mass is 32.2. The number of anilines is 1.